The molecule has 1 atom stereocenters. The lowest BCUT2D eigenvalue weighted by molar-refractivity contribution is 0.315. The van der Waals surface area contributed by atoms with E-state index in [0.29, 0.717) is 0 Å². The number of likely N-dealkylation sites (tertiary alicyclic amines) is 1. The summed E-state index contributed by atoms with van der Waals surface area (Å²) in [6, 6.07) is 0. The van der Waals surface area contributed by atoms with Gasteiger partial charge in [-0.15, -0.1) is 11.3 Å². The second-order valence-corrected chi connectivity index (χ2v) is 5.65. The van der Waals surface area contributed by atoms with E-state index in [9.17, 15) is 0 Å². The summed E-state index contributed by atoms with van der Waals surface area (Å²) < 4.78 is 0. The molecule has 90 valence electrons. The standard InChI is InChI=1S/C12H21N3S/c1-4-6-13-12(5-7-15(3)9-12)11-14-10(2)8-16-11/h8,13H,4-7,9H2,1-3H3. The van der Waals surface area contributed by atoms with Crippen molar-refractivity contribution in [2.75, 3.05) is 26.7 Å². The van der Waals surface area contributed by atoms with Gasteiger partial charge in [-0.3, -0.25) is 0 Å². The van der Waals surface area contributed by atoms with Crippen LogP contribution in [0, 0.1) is 6.92 Å². The van der Waals surface area contributed by atoms with E-state index in [0.717, 1.165) is 25.3 Å². The topological polar surface area (TPSA) is 28.2 Å². The molecule has 0 radical (unpaired) electrons. The van der Waals surface area contributed by atoms with Crippen LogP contribution in [0.3, 0.4) is 0 Å². The van der Waals surface area contributed by atoms with Gasteiger partial charge in [0.25, 0.3) is 0 Å². The molecule has 2 heterocycles. The van der Waals surface area contributed by atoms with Crippen molar-refractivity contribution in [1.29, 1.82) is 0 Å². The quantitative estimate of drug-likeness (QED) is 0.871. The van der Waals surface area contributed by atoms with Crippen molar-refractivity contribution in [2.45, 2.75) is 32.2 Å². The Kier molecular flexibility index (Phi) is 3.62. The van der Waals surface area contributed by atoms with Gasteiger partial charge in [-0.2, -0.15) is 0 Å². The lowest BCUT2D eigenvalue weighted by atomic mass is 9.99. The molecule has 1 fully saturated rings. The molecule has 1 saturated heterocycles. The van der Waals surface area contributed by atoms with Crippen LogP contribution in [0.5, 0.6) is 0 Å². The maximum atomic E-state index is 4.68. The highest BCUT2D eigenvalue weighted by molar-refractivity contribution is 7.09. The number of thiazole rings is 1. The molecule has 1 aromatic rings. The lowest BCUT2D eigenvalue weighted by Gasteiger charge is -2.28. The average Bonchev–Trinajstić information content (AvgIpc) is 2.83. The SMILES string of the molecule is CCCNC1(c2nc(C)cs2)CCN(C)C1. The van der Waals surface area contributed by atoms with Crippen molar-refractivity contribution >= 4 is 11.3 Å². The third-order valence-electron chi connectivity index (χ3n) is 3.20. The highest BCUT2D eigenvalue weighted by atomic mass is 32.1. The zero-order chi connectivity index (χ0) is 11.6. The largest absolute Gasteiger partial charge is 0.304 e. The van der Waals surface area contributed by atoms with Gasteiger partial charge in [0, 0.05) is 24.2 Å². The van der Waals surface area contributed by atoms with Crippen LogP contribution in [0.15, 0.2) is 5.38 Å². The predicted octanol–water partition coefficient (Wildman–Crippen LogP) is 1.98. The molecular weight excluding hydrogens is 218 g/mol. The normalized spacial score (nSPS) is 26.4. The molecule has 4 heteroatoms. The Labute approximate surface area is 102 Å². The van der Waals surface area contributed by atoms with E-state index in [2.05, 4.69) is 41.5 Å². The number of nitrogens with zero attached hydrogens (tertiary/aromatic N) is 2. The fraction of sp³-hybridized carbons (Fsp3) is 0.750. The van der Waals surface area contributed by atoms with Crippen LogP contribution in [0.25, 0.3) is 0 Å². The van der Waals surface area contributed by atoms with Crippen LogP contribution in [0.4, 0.5) is 0 Å². The van der Waals surface area contributed by atoms with Gasteiger partial charge in [0.2, 0.25) is 0 Å². The van der Waals surface area contributed by atoms with E-state index in [1.165, 1.54) is 17.8 Å². The molecule has 0 spiro atoms. The molecule has 0 bridgehead atoms. The summed E-state index contributed by atoms with van der Waals surface area (Å²) in [6.45, 7) is 7.61. The summed E-state index contributed by atoms with van der Waals surface area (Å²) >= 11 is 1.80. The molecule has 1 aromatic heterocycles. The van der Waals surface area contributed by atoms with Gasteiger partial charge in [-0.25, -0.2) is 4.98 Å². The van der Waals surface area contributed by atoms with Gasteiger partial charge in [-0.1, -0.05) is 6.92 Å². The molecule has 1 aliphatic heterocycles. The molecular formula is C12H21N3S. The van der Waals surface area contributed by atoms with Crippen molar-refractivity contribution < 1.29 is 0 Å². The van der Waals surface area contributed by atoms with E-state index < -0.39 is 0 Å². The third-order valence-corrected chi connectivity index (χ3v) is 4.37. The second-order valence-electron chi connectivity index (χ2n) is 4.79. The Hall–Kier alpha value is -0.450. The molecule has 0 saturated carbocycles. The minimum absolute atomic E-state index is 0.115. The maximum Gasteiger partial charge on any atom is 0.114 e. The van der Waals surface area contributed by atoms with Crippen molar-refractivity contribution in [3.05, 3.63) is 16.1 Å². The zero-order valence-electron chi connectivity index (χ0n) is 10.4. The summed E-state index contributed by atoms with van der Waals surface area (Å²) in [4.78, 5) is 7.07. The van der Waals surface area contributed by atoms with Crippen LogP contribution >= 0.6 is 11.3 Å². The van der Waals surface area contributed by atoms with Crippen LogP contribution in [-0.2, 0) is 5.54 Å². The van der Waals surface area contributed by atoms with Crippen LogP contribution in [-0.4, -0.2) is 36.6 Å². The number of likely N-dealkylation sites (N-methyl/N-ethyl adjacent to an activating group) is 1. The Morgan fingerprint density at radius 2 is 2.44 bits per heavy atom. The van der Waals surface area contributed by atoms with Gasteiger partial charge >= 0.3 is 0 Å². The Morgan fingerprint density at radius 3 is 2.94 bits per heavy atom. The molecule has 3 nitrogen and oxygen atoms in total. The van der Waals surface area contributed by atoms with Crippen molar-refractivity contribution in [3.63, 3.8) is 0 Å². The maximum absolute atomic E-state index is 4.68. The van der Waals surface area contributed by atoms with Gasteiger partial charge in [-0.05, 0) is 33.4 Å². The van der Waals surface area contributed by atoms with Crippen molar-refractivity contribution in [3.8, 4) is 0 Å². The van der Waals surface area contributed by atoms with E-state index in [-0.39, 0.29) is 5.54 Å². The van der Waals surface area contributed by atoms with Crippen molar-refractivity contribution in [2.24, 2.45) is 0 Å². The fourth-order valence-corrected chi connectivity index (χ4v) is 3.33. The molecule has 16 heavy (non-hydrogen) atoms. The van der Waals surface area contributed by atoms with Gasteiger partial charge in [0.15, 0.2) is 0 Å². The number of aryl methyl sites for hydroxylation is 1. The first kappa shape index (κ1) is 12.0. The molecule has 2 rings (SSSR count). The Bertz CT molecular complexity index is 350. The number of nitrogens with one attached hydrogen (secondary N) is 1. The summed E-state index contributed by atoms with van der Waals surface area (Å²) in [6.07, 6.45) is 2.35. The third kappa shape index (κ3) is 2.29. The first-order valence-corrected chi connectivity index (χ1v) is 6.90. The van der Waals surface area contributed by atoms with Gasteiger partial charge in [0.1, 0.15) is 5.01 Å². The van der Waals surface area contributed by atoms with E-state index in [1.54, 1.807) is 11.3 Å². The lowest BCUT2D eigenvalue weighted by Crippen LogP contribution is -2.44. The molecule has 0 aliphatic carbocycles. The first-order valence-electron chi connectivity index (χ1n) is 6.02. The summed E-state index contributed by atoms with van der Waals surface area (Å²) in [7, 11) is 2.19. The molecule has 0 aromatic carbocycles. The smallest absolute Gasteiger partial charge is 0.114 e. The van der Waals surface area contributed by atoms with Crippen LogP contribution in [0.1, 0.15) is 30.5 Å². The van der Waals surface area contributed by atoms with Gasteiger partial charge < -0.3 is 10.2 Å². The van der Waals surface area contributed by atoms with Crippen LogP contribution in [0.2, 0.25) is 0 Å². The van der Waals surface area contributed by atoms with E-state index in [1.807, 2.05) is 0 Å². The molecule has 0 amide bonds. The minimum Gasteiger partial charge on any atom is -0.304 e. The predicted molar refractivity (Wildman–Crippen MR) is 68.9 cm³/mol. The number of hydrogen-bond donors (Lipinski definition) is 1. The second kappa shape index (κ2) is 4.82. The summed E-state index contributed by atoms with van der Waals surface area (Å²) in [5.74, 6) is 0. The summed E-state index contributed by atoms with van der Waals surface area (Å²) in [5.41, 5.74) is 1.26. The fourth-order valence-electron chi connectivity index (χ4n) is 2.33. The molecule has 1 aliphatic rings. The minimum atomic E-state index is 0.115. The van der Waals surface area contributed by atoms with E-state index in [4.69, 9.17) is 0 Å². The number of aromatic nitrogens is 1. The monoisotopic (exact) mass is 239 g/mol. The Balaban J connectivity index is 2.20. The van der Waals surface area contributed by atoms with Gasteiger partial charge in [0.05, 0.1) is 5.54 Å². The number of rotatable bonds is 4. The zero-order valence-corrected chi connectivity index (χ0v) is 11.2. The van der Waals surface area contributed by atoms with E-state index >= 15 is 0 Å². The Morgan fingerprint density at radius 1 is 1.62 bits per heavy atom. The number of hydrogen-bond acceptors (Lipinski definition) is 4. The van der Waals surface area contributed by atoms with Crippen LogP contribution < -0.4 is 5.32 Å². The molecule has 1 unspecified atom stereocenters. The first-order chi connectivity index (χ1) is 7.66. The van der Waals surface area contributed by atoms with Crippen molar-refractivity contribution in [1.82, 2.24) is 15.2 Å². The highest BCUT2D eigenvalue weighted by Crippen LogP contribution is 2.33. The molecule has 1 N–H and O–H groups in total. The highest BCUT2D eigenvalue weighted by Gasteiger charge is 2.39. The summed E-state index contributed by atoms with van der Waals surface area (Å²) in [5, 5.41) is 7.13. The average molecular weight is 239 g/mol.